The van der Waals surface area contributed by atoms with E-state index in [-0.39, 0.29) is 11.9 Å². The summed E-state index contributed by atoms with van der Waals surface area (Å²) in [6.07, 6.45) is 1.44. The molecule has 0 aliphatic rings. The van der Waals surface area contributed by atoms with Gasteiger partial charge in [0.25, 0.3) is 5.91 Å². The zero-order valence-corrected chi connectivity index (χ0v) is 13.9. The van der Waals surface area contributed by atoms with Crippen molar-refractivity contribution in [2.45, 2.75) is 26.4 Å². The molecule has 1 amide bonds. The maximum Gasteiger partial charge on any atom is 0.271 e. The van der Waals surface area contributed by atoms with Crippen molar-refractivity contribution >= 4 is 27.5 Å². The lowest BCUT2D eigenvalue weighted by atomic mass is 10.1. The first-order valence-electron chi connectivity index (χ1n) is 7.37. The molecule has 0 spiro atoms. The van der Waals surface area contributed by atoms with Crippen LogP contribution in [0.1, 0.15) is 40.1 Å². The van der Waals surface area contributed by atoms with Gasteiger partial charge < -0.3 is 11.1 Å². The van der Waals surface area contributed by atoms with Crippen LogP contribution in [-0.4, -0.2) is 15.9 Å². The van der Waals surface area contributed by atoms with E-state index in [4.69, 9.17) is 5.73 Å². The van der Waals surface area contributed by atoms with Crippen LogP contribution in [0.4, 0.5) is 0 Å². The average Bonchev–Trinajstić information content (AvgIpc) is 2.94. The number of nitrogens with two attached hydrogens (primary N) is 1. The Morgan fingerprint density at radius 1 is 1.30 bits per heavy atom. The number of carbonyl (C=O) groups excluding carboxylic acids is 1. The number of aryl methyl sites for hydroxylation is 1. The topological polar surface area (TPSA) is 80.9 Å². The fourth-order valence-corrected chi connectivity index (χ4v) is 3.32. The van der Waals surface area contributed by atoms with Crippen LogP contribution in [0, 0.1) is 6.92 Å². The number of hydrogen-bond acceptors (Lipinski definition) is 5. The Balaban J connectivity index is 1.73. The van der Waals surface area contributed by atoms with E-state index in [2.05, 4.69) is 15.3 Å². The Morgan fingerprint density at radius 2 is 2.04 bits per heavy atom. The number of fused-ring (bicyclic) bond motifs is 1. The SMILES string of the molecule is Cc1csc2c(C(=O)NCc3ccc(C(C)N)cc3)ncnc12. The number of carbonyl (C=O) groups is 1. The van der Waals surface area contributed by atoms with Crippen LogP contribution in [0.2, 0.25) is 0 Å². The van der Waals surface area contributed by atoms with Crippen molar-refractivity contribution in [1.82, 2.24) is 15.3 Å². The molecule has 0 aliphatic heterocycles. The summed E-state index contributed by atoms with van der Waals surface area (Å²) < 4.78 is 0.829. The summed E-state index contributed by atoms with van der Waals surface area (Å²) in [4.78, 5) is 20.8. The first kappa shape index (κ1) is 15.6. The summed E-state index contributed by atoms with van der Waals surface area (Å²) in [7, 11) is 0. The minimum absolute atomic E-state index is 0.00927. The third kappa shape index (κ3) is 3.23. The summed E-state index contributed by atoms with van der Waals surface area (Å²) in [6.45, 7) is 4.38. The first-order chi connectivity index (χ1) is 11.1. The summed E-state index contributed by atoms with van der Waals surface area (Å²) in [5.74, 6) is -0.185. The zero-order valence-electron chi connectivity index (χ0n) is 13.0. The average molecular weight is 326 g/mol. The highest BCUT2D eigenvalue weighted by Gasteiger charge is 2.14. The molecule has 0 fully saturated rings. The lowest BCUT2D eigenvalue weighted by Gasteiger charge is -2.08. The number of rotatable bonds is 4. The van der Waals surface area contributed by atoms with Crippen molar-refractivity contribution in [2.24, 2.45) is 5.73 Å². The lowest BCUT2D eigenvalue weighted by Crippen LogP contribution is -2.24. The molecular formula is C17H18N4OS. The van der Waals surface area contributed by atoms with Gasteiger partial charge in [-0.15, -0.1) is 11.3 Å². The molecule has 3 aromatic rings. The third-order valence-electron chi connectivity index (χ3n) is 3.70. The van der Waals surface area contributed by atoms with E-state index in [0.29, 0.717) is 12.2 Å². The number of benzene rings is 1. The molecule has 3 rings (SSSR count). The molecule has 0 radical (unpaired) electrons. The van der Waals surface area contributed by atoms with E-state index in [9.17, 15) is 4.79 Å². The molecular weight excluding hydrogens is 308 g/mol. The molecule has 0 aliphatic carbocycles. The van der Waals surface area contributed by atoms with Gasteiger partial charge in [-0.2, -0.15) is 0 Å². The maximum atomic E-state index is 12.4. The summed E-state index contributed by atoms with van der Waals surface area (Å²) in [6, 6.07) is 7.93. The summed E-state index contributed by atoms with van der Waals surface area (Å²) in [5, 5.41) is 4.90. The van der Waals surface area contributed by atoms with Gasteiger partial charge in [0.05, 0.1) is 10.2 Å². The molecule has 0 saturated heterocycles. The number of thiophene rings is 1. The number of hydrogen-bond donors (Lipinski definition) is 2. The molecule has 0 bridgehead atoms. The number of aromatic nitrogens is 2. The van der Waals surface area contributed by atoms with Crippen LogP contribution in [0.3, 0.4) is 0 Å². The third-order valence-corrected chi connectivity index (χ3v) is 4.80. The smallest absolute Gasteiger partial charge is 0.271 e. The van der Waals surface area contributed by atoms with Crippen LogP contribution in [-0.2, 0) is 6.54 Å². The van der Waals surface area contributed by atoms with Gasteiger partial charge >= 0.3 is 0 Å². The highest BCUT2D eigenvalue weighted by molar-refractivity contribution is 7.17. The van der Waals surface area contributed by atoms with Gasteiger partial charge in [-0.3, -0.25) is 4.79 Å². The molecule has 2 aromatic heterocycles. The first-order valence-corrected chi connectivity index (χ1v) is 8.25. The van der Waals surface area contributed by atoms with E-state index >= 15 is 0 Å². The molecule has 1 unspecified atom stereocenters. The van der Waals surface area contributed by atoms with Crippen molar-refractivity contribution in [3.05, 3.63) is 58.4 Å². The molecule has 5 nitrogen and oxygen atoms in total. The van der Waals surface area contributed by atoms with Gasteiger partial charge in [0.15, 0.2) is 0 Å². The van der Waals surface area contributed by atoms with Gasteiger partial charge in [0, 0.05) is 12.6 Å². The van der Waals surface area contributed by atoms with Crippen molar-refractivity contribution < 1.29 is 4.79 Å². The Hall–Kier alpha value is -2.31. The number of nitrogens with one attached hydrogen (secondary N) is 1. The summed E-state index contributed by atoms with van der Waals surface area (Å²) in [5.41, 5.74) is 10.3. The Morgan fingerprint density at radius 3 is 2.74 bits per heavy atom. The molecule has 0 saturated carbocycles. The van der Waals surface area contributed by atoms with E-state index < -0.39 is 0 Å². The second kappa shape index (κ2) is 6.44. The van der Waals surface area contributed by atoms with Crippen molar-refractivity contribution in [3.8, 4) is 0 Å². The number of nitrogens with zero attached hydrogens (tertiary/aromatic N) is 2. The summed E-state index contributed by atoms with van der Waals surface area (Å²) >= 11 is 1.50. The predicted molar refractivity (Wildman–Crippen MR) is 92.4 cm³/mol. The van der Waals surface area contributed by atoms with Gasteiger partial charge in [-0.05, 0) is 35.9 Å². The monoisotopic (exact) mass is 326 g/mol. The number of amides is 1. The predicted octanol–water partition coefficient (Wildman–Crippen LogP) is 2.95. The minimum atomic E-state index is -0.185. The highest BCUT2D eigenvalue weighted by atomic mass is 32.1. The quantitative estimate of drug-likeness (QED) is 0.772. The van der Waals surface area contributed by atoms with Crippen LogP contribution < -0.4 is 11.1 Å². The van der Waals surface area contributed by atoms with Gasteiger partial charge in [-0.25, -0.2) is 9.97 Å². The molecule has 2 heterocycles. The fraction of sp³-hybridized carbons (Fsp3) is 0.235. The molecule has 23 heavy (non-hydrogen) atoms. The molecule has 6 heteroatoms. The van der Waals surface area contributed by atoms with Crippen LogP contribution >= 0.6 is 11.3 Å². The van der Waals surface area contributed by atoms with E-state index in [0.717, 1.165) is 26.9 Å². The van der Waals surface area contributed by atoms with E-state index in [1.807, 2.05) is 43.5 Å². The fourth-order valence-electron chi connectivity index (χ4n) is 2.34. The standard InChI is InChI=1S/C17H18N4OS/c1-10-8-23-16-14(10)20-9-21-15(16)17(22)19-7-12-3-5-13(6-4-12)11(2)18/h3-6,8-9,11H,7,18H2,1-2H3,(H,19,22). The minimum Gasteiger partial charge on any atom is -0.347 e. The van der Waals surface area contributed by atoms with Crippen LogP contribution in [0.15, 0.2) is 36.0 Å². The Kier molecular flexibility index (Phi) is 4.36. The molecule has 3 N–H and O–H groups in total. The van der Waals surface area contributed by atoms with Gasteiger partial charge in [-0.1, -0.05) is 24.3 Å². The Labute approximate surface area is 138 Å². The van der Waals surface area contributed by atoms with Crippen molar-refractivity contribution in [1.29, 1.82) is 0 Å². The molecule has 1 atom stereocenters. The van der Waals surface area contributed by atoms with E-state index in [1.165, 1.54) is 17.7 Å². The molecule has 1 aromatic carbocycles. The zero-order chi connectivity index (χ0) is 16.4. The van der Waals surface area contributed by atoms with Gasteiger partial charge in [0.1, 0.15) is 12.0 Å². The molecule has 118 valence electrons. The van der Waals surface area contributed by atoms with Crippen LogP contribution in [0.25, 0.3) is 10.2 Å². The second-order valence-electron chi connectivity index (χ2n) is 5.53. The lowest BCUT2D eigenvalue weighted by molar-refractivity contribution is 0.0948. The normalized spacial score (nSPS) is 12.3. The largest absolute Gasteiger partial charge is 0.347 e. The highest BCUT2D eigenvalue weighted by Crippen LogP contribution is 2.25. The second-order valence-corrected chi connectivity index (χ2v) is 6.41. The Bertz CT molecular complexity index is 839. The van der Waals surface area contributed by atoms with E-state index in [1.54, 1.807) is 0 Å². The van der Waals surface area contributed by atoms with Crippen LogP contribution in [0.5, 0.6) is 0 Å². The maximum absolute atomic E-state index is 12.4. The van der Waals surface area contributed by atoms with Crippen molar-refractivity contribution in [2.75, 3.05) is 0 Å². The van der Waals surface area contributed by atoms with Gasteiger partial charge in [0.2, 0.25) is 0 Å². The van der Waals surface area contributed by atoms with Crippen molar-refractivity contribution in [3.63, 3.8) is 0 Å².